The third kappa shape index (κ3) is 4.99. The maximum absolute atomic E-state index is 11.5. The molecule has 1 amide bonds. The average Bonchev–Trinajstić information content (AvgIpc) is 3.30. The van der Waals surface area contributed by atoms with Crippen molar-refractivity contribution < 1.29 is 4.79 Å². The number of hydrogen-bond acceptors (Lipinski definition) is 7. The fraction of sp³-hybridized carbons (Fsp3) is 0.577. The van der Waals surface area contributed by atoms with Crippen LogP contribution in [0.4, 0.5) is 23.1 Å². The molecule has 0 unspecified atom stereocenters. The maximum atomic E-state index is 11.5. The van der Waals surface area contributed by atoms with Crippen molar-refractivity contribution >= 4 is 40.6 Å². The summed E-state index contributed by atoms with van der Waals surface area (Å²) in [6.45, 7) is 10.2. The zero-order valence-electron chi connectivity index (χ0n) is 20.8. The lowest BCUT2D eigenvalue weighted by Gasteiger charge is -2.42. The predicted octanol–water partition coefficient (Wildman–Crippen LogP) is 3.92. The molecule has 9 heteroatoms. The Morgan fingerprint density at radius 3 is 2.34 bits per heavy atom. The minimum atomic E-state index is -0.519. The van der Waals surface area contributed by atoms with Gasteiger partial charge in [-0.15, -0.1) is 0 Å². The molecule has 0 spiro atoms. The fourth-order valence-electron chi connectivity index (χ4n) is 5.69. The highest BCUT2D eigenvalue weighted by atomic mass is 35.5. The van der Waals surface area contributed by atoms with Crippen molar-refractivity contribution in [2.45, 2.75) is 58.0 Å². The smallest absolute Gasteiger partial charge is 0.250 e. The van der Waals surface area contributed by atoms with Crippen molar-refractivity contribution in [2.75, 3.05) is 58.9 Å². The third-order valence-corrected chi connectivity index (χ3v) is 7.95. The van der Waals surface area contributed by atoms with Gasteiger partial charge in [0.1, 0.15) is 17.5 Å². The number of carbonyl (C=O) groups excluding carboxylic acids is 1. The van der Waals surface area contributed by atoms with Crippen LogP contribution in [-0.2, 0) is 0 Å². The molecule has 3 aliphatic rings. The van der Waals surface area contributed by atoms with Crippen LogP contribution >= 0.6 is 11.6 Å². The lowest BCUT2D eigenvalue weighted by molar-refractivity contribution is 0.1000. The summed E-state index contributed by atoms with van der Waals surface area (Å²) >= 11 is 6.48. The Kier molecular flexibility index (Phi) is 6.91. The summed E-state index contributed by atoms with van der Waals surface area (Å²) in [7, 11) is 0. The van der Waals surface area contributed by atoms with E-state index in [2.05, 4.69) is 50.6 Å². The number of pyridine rings is 2. The standard InChI is InChI=1S/C26H36ClN7O/c1-18-7-6-10-34(18)24-15-21(14-23(30-24)31-8-4-3-5-9-31)33-12-11-32(17-19(33)2)26-22(27)13-20(16-29-26)25(28)35/h13-16,18-19H,3-12,17H2,1-2H3,(H2,28,35)/t18-,19-/m1/s1. The van der Waals surface area contributed by atoms with Gasteiger partial charge in [0.05, 0.1) is 10.6 Å². The summed E-state index contributed by atoms with van der Waals surface area (Å²) in [5.74, 6) is 2.40. The molecule has 3 fully saturated rings. The first-order valence-electron chi connectivity index (χ1n) is 12.9. The Hall–Kier alpha value is -2.74. The van der Waals surface area contributed by atoms with E-state index >= 15 is 0 Å². The van der Waals surface area contributed by atoms with Crippen LogP contribution in [0.3, 0.4) is 0 Å². The monoisotopic (exact) mass is 497 g/mol. The molecule has 2 N–H and O–H groups in total. The molecule has 0 aliphatic carbocycles. The number of amides is 1. The first kappa shape index (κ1) is 24.0. The molecule has 2 atom stereocenters. The number of piperidine rings is 1. The highest BCUT2D eigenvalue weighted by Crippen LogP contribution is 2.34. The predicted molar refractivity (Wildman–Crippen MR) is 143 cm³/mol. The van der Waals surface area contributed by atoms with E-state index in [1.807, 2.05) is 0 Å². The molecule has 3 saturated heterocycles. The fourth-order valence-corrected chi connectivity index (χ4v) is 5.98. The quantitative estimate of drug-likeness (QED) is 0.670. The van der Waals surface area contributed by atoms with E-state index < -0.39 is 5.91 Å². The minimum Gasteiger partial charge on any atom is -0.366 e. The summed E-state index contributed by atoms with van der Waals surface area (Å²) in [5.41, 5.74) is 6.95. The average molecular weight is 498 g/mol. The second-order valence-electron chi connectivity index (χ2n) is 10.2. The van der Waals surface area contributed by atoms with Gasteiger partial charge in [-0.2, -0.15) is 0 Å². The molecular formula is C26H36ClN7O. The number of halogens is 1. The molecule has 0 bridgehead atoms. The largest absolute Gasteiger partial charge is 0.366 e. The van der Waals surface area contributed by atoms with Crippen LogP contribution < -0.4 is 25.3 Å². The van der Waals surface area contributed by atoms with Crippen molar-refractivity contribution in [3.05, 3.63) is 35.0 Å². The molecule has 2 aromatic rings. The molecule has 188 valence electrons. The van der Waals surface area contributed by atoms with Gasteiger partial charge >= 0.3 is 0 Å². The number of nitrogens with zero attached hydrogens (tertiary/aromatic N) is 6. The zero-order valence-corrected chi connectivity index (χ0v) is 21.5. The molecule has 0 aromatic carbocycles. The van der Waals surface area contributed by atoms with E-state index in [4.69, 9.17) is 22.3 Å². The highest BCUT2D eigenvalue weighted by Gasteiger charge is 2.29. The number of piperazine rings is 1. The Balaban J connectivity index is 1.40. The van der Waals surface area contributed by atoms with Crippen LogP contribution in [0, 0.1) is 0 Å². The van der Waals surface area contributed by atoms with Crippen molar-refractivity contribution in [1.29, 1.82) is 0 Å². The van der Waals surface area contributed by atoms with Gasteiger partial charge in [0.15, 0.2) is 0 Å². The van der Waals surface area contributed by atoms with Crippen LogP contribution in [0.25, 0.3) is 0 Å². The van der Waals surface area contributed by atoms with Crippen molar-refractivity contribution in [3.8, 4) is 0 Å². The van der Waals surface area contributed by atoms with Crippen LogP contribution in [0.1, 0.15) is 56.3 Å². The molecule has 5 heterocycles. The van der Waals surface area contributed by atoms with Gasteiger partial charge in [-0.1, -0.05) is 11.6 Å². The number of carbonyl (C=O) groups is 1. The Morgan fingerprint density at radius 1 is 0.914 bits per heavy atom. The van der Waals surface area contributed by atoms with Crippen LogP contribution in [-0.4, -0.2) is 67.2 Å². The SMILES string of the molecule is C[C@@H]1CN(c2ncc(C(N)=O)cc2Cl)CCN1c1cc(N2CCCCC2)nc(N2CCC[C@H]2C)c1. The third-order valence-electron chi connectivity index (χ3n) is 7.68. The summed E-state index contributed by atoms with van der Waals surface area (Å²) in [6, 6.07) is 6.97. The van der Waals surface area contributed by atoms with E-state index in [1.165, 1.54) is 44.0 Å². The van der Waals surface area contributed by atoms with E-state index in [0.717, 1.165) is 50.9 Å². The zero-order chi connectivity index (χ0) is 24.5. The van der Waals surface area contributed by atoms with Gasteiger partial charge in [-0.05, 0) is 52.0 Å². The normalized spacial score (nSPS) is 23.2. The number of nitrogens with two attached hydrogens (primary N) is 1. The van der Waals surface area contributed by atoms with E-state index in [9.17, 15) is 4.79 Å². The second kappa shape index (κ2) is 10.1. The Labute approximate surface area is 213 Å². The Bertz CT molecular complexity index is 1070. The molecule has 0 radical (unpaired) electrons. The molecule has 0 saturated carbocycles. The summed E-state index contributed by atoms with van der Waals surface area (Å²) in [4.78, 5) is 30.7. The molecule has 3 aliphatic heterocycles. The molecule has 2 aromatic heterocycles. The first-order chi connectivity index (χ1) is 16.9. The Morgan fingerprint density at radius 2 is 1.69 bits per heavy atom. The molecular weight excluding hydrogens is 462 g/mol. The summed E-state index contributed by atoms with van der Waals surface area (Å²) < 4.78 is 0. The number of aromatic nitrogens is 2. The van der Waals surface area contributed by atoms with E-state index in [-0.39, 0.29) is 6.04 Å². The van der Waals surface area contributed by atoms with Crippen molar-refractivity contribution in [1.82, 2.24) is 9.97 Å². The minimum absolute atomic E-state index is 0.262. The van der Waals surface area contributed by atoms with Crippen LogP contribution in [0.5, 0.6) is 0 Å². The highest BCUT2D eigenvalue weighted by molar-refractivity contribution is 6.33. The van der Waals surface area contributed by atoms with Gasteiger partial charge in [-0.25, -0.2) is 9.97 Å². The molecule has 35 heavy (non-hydrogen) atoms. The van der Waals surface area contributed by atoms with Gasteiger partial charge in [0.25, 0.3) is 0 Å². The van der Waals surface area contributed by atoms with Gasteiger partial charge < -0.3 is 25.3 Å². The maximum Gasteiger partial charge on any atom is 0.250 e. The lowest BCUT2D eigenvalue weighted by atomic mass is 10.1. The number of hydrogen-bond donors (Lipinski definition) is 1. The lowest BCUT2D eigenvalue weighted by Crippen LogP contribution is -2.52. The first-order valence-corrected chi connectivity index (χ1v) is 13.3. The van der Waals surface area contributed by atoms with Gasteiger partial charge in [-0.3, -0.25) is 4.79 Å². The van der Waals surface area contributed by atoms with Crippen molar-refractivity contribution in [2.24, 2.45) is 5.73 Å². The van der Waals surface area contributed by atoms with Crippen LogP contribution in [0.15, 0.2) is 24.4 Å². The summed E-state index contributed by atoms with van der Waals surface area (Å²) in [5, 5.41) is 0.462. The van der Waals surface area contributed by atoms with Gasteiger partial charge in [0, 0.05) is 75.4 Å². The van der Waals surface area contributed by atoms with Crippen molar-refractivity contribution in [3.63, 3.8) is 0 Å². The number of anilines is 4. The molecule has 8 nitrogen and oxygen atoms in total. The molecule has 5 rings (SSSR count). The topological polar surface area (TPSA) is 81.8 Å². The van der Waals surface area contributed by atoms with E-state index in [1.54, 1.807) is 6.07 Å². The van der Waals surface area contributed by atoms with Gasteiger partial charge in [0.2, 0.25) is 5.91 Å². The summed E-state index contributed by atoms with van der Waals surface area (Å²) in [6.07, 6.45) is 7.74. The second-order valence-corrected chi connectivity index (χ2v) is 10.6. The number of rotatable bonds is 5. The van der Waals surface area contributed by atoms with E-state index in [0.29, 0.717) is 22.4 Å². The van der Waals surface area contributed by atoms with Crippen LogP contribution in [0.2, 0.25) is 5.02 Å². The number of primary amides is 1.